The van der Waals surface area contributed by atoms with E-state index in [1.165, 1.54) is 18.4 Å². The van der Waals surface area contributed by atoms with Crippen LogP contribution in [-0.2, 0) is 47.6 Å². The second kappa shape index (κ2) is 54.9. The number of benzene rings is 6. The molecule has 0 aliphatic carbocycles. The molecule has 0 unspecified atom stereocenters. The van der Waals surface area contributed by atoms with Crippen LogP contribution in [-0.4, -0.2) is 100 Å². The molecule has 0 radical (unpaired) electrons. The second-order valence-corrected chi connectivity index (χ2v) is 26.2. The van der Waals surface area contributed by atoms with Gasteiger partial charge in [-0.2, -0.15) is 0 Å². The van der Waals surface area contributed by atoms with Crippen molar-refractivity contribution in [3.8, 4) is 39.5 Å². The molecule has 0 amide bonds. The Balaban J connectivity index is 0.000000352. The van der Waals surface area contributed by atoms with Crippen molar-refractivity contribution in [2.45, 2.75) is 215 Å². The molecule has 0 N–H and O–H groups in total. The predicted octanol–water partition coefficient (Wildman–Crippen LogP) is 21.1. The van der Waals surface area contributed by atoms with Crippen LogP contribution in [0, 0.1) is 6.92 Å². The second-order valence-electron chi connectivity index (χ2n) is 26.2. The topological polar surface area (TPSA) is 220 Å². The third kappa shape index (κ3) is 39.5. The number of unbranched alkanes of at least 4 members (excludes halogenated alkanes) is 19. The van der Waals surface area contributed by atoms with Gasteiger partial charge in [-0.1, -0.05) is 151 Å². The number of carbonyl (C=O) groups is 8. The maximum absolute atomic E-state index is 12.6. The smallest absolute Gasteiger partial charge is 0.343 e. The highest BCUT2D eigenvalue weighted by Gasteiger charge is 2.14. The standard InChI is InChI=1S/C36H42O7.C34H48O6.C19H26O4/c1-4-5-6-9-26-42-35(38)30-14-12-28(13-15-30)29-16-22-33(23-17-29)43-36(39)31-18-20-32(21-19-31)40-24-10-7-8-11-25-41-34(37)27(2)3;1-3-38-32(35)16-12-8-6-4-5-7-9-13-17-33(36)39-26-14-10-11-15-27-40-34(37)31-24-22-30(23-25-31)29-20-18-28(2)19-21-29;1-4-18(20)16-9-11-17(12-10-16)22-13-7-5-6-8-14-23-19(21)15(2)3/h12-23H,2,4-11,24-26H2,1,3H3;18-25H,3-17,26-27H2,1-2H3;9-12H,2,4-8,13-14H2,1,3H3. The van der Waals surface area contributed by atoms with E-state index in [1.54, 1.807) is 74.5 Å². The minimum atomic E-state index is -0.454. The first-order chi connectivity index (χ1) is 51.4. The zero-order valence-electron chi connectivity index (χ0n) is 64.0. The summed E-state index contributed by atoms with van der Waals surface area (Å²) in [5.41, 5.74) is 8.38. The van der Waals surface area contributed by atoms with Gasteiger partial charge >= 0.3 is 41.8 Å². The maximum atomic E-state index is 12.6. The van der Waals surface area contributed by atoms with Gasteiger partial charge in [0.25, 0.3) is 0 Å². The molecule has 0 saturated heterocycles. The Morgan fingerprint density at radius 2 is 0.604 bits per heavy atom. The third-order valence-electron chi connectivity index (χ3n) is 17.0. The lowest BCUT2D eigenvalue weighted by Crippen LogP contribution is -2.08. The number of aryl methyl sites for hydroxylation is 1. The van der Waals surface area contributed by atoms with Crippen molar-refractivity contribution in [2.75, 3.05) is 52.9 Å². The van der Waals surface area contributed by atoms with Crippen LogP contribution in [0.1, 0.15) is 255 Å². The van der Waals surface area contributed by atoms with Crippen molar-refractivity contribution >= 4 is 47.6 Å². The van der Waals surface area contributed by atoms with Crippen molar-refractivity contribution < 1.29 is 81.0 Å². The van der Waals surface area contributed by atoms with Crippen LogP contribution in [0.4, 0.5) is 0 Å². The summed E-state index contributed by atoms with van der Waals surface area (Å²) in [7, 11) is 0. The van der Waals surface area contributed by atoms with Gasteiger partial charge in [0.1, 0.15) is 17.2 Å². The molecule has 6 aromatic rings. The van der Waals surface area contributed by atoms with Gasteiger partial charge in [0.15, 0.2) is 5.78 Å². The molecule has 17 nitrogen and oxygen atoms in total. The van der Waals surface area contributed by atoms with E-state index in [9.17, 15) is 38.4 Å². The van der Waals surface area contributed by atoms with Gasteiger partial charge in [0.05, 0.1) is 69.5 Å². The molecule has 574 valence electrons. The molecule has 6 rings (SSSR count). The van der Waals surface area contributed by atoms with E-state index in [0.717, 1.165) is 175 Å². The fourth-order valence-electron chi connectivity index (χ4n) is 10.6. The first kappa shape index (κ1) is 88.8. The van der Waals surface area contributed by atoms with Crippen LogP contribution in [0.5, 0.6) is 17.2 Å². The fourth-order valence-corrected chi connectivity index (χ4v) is 10.6. The molecule has 17 heteroatoms. The number of hydrogen-bond acceptors (Lipinski definition) is 17. The summed E-state index contributed by atoms with van der Waals surface area (Å²) in [6, 6.07) is 44.5. The number of carbonyl (C=O) groups excluding carboxylic acids is 8. The zero-order chi connectivity index (χ0) is 76.8. The van der Waals surface area contributed by atoms with Crippen molar-refractivity contribution in [2.24, 2.45) is 0 Å². The number of Topliss-reactive ketones (excluding diaryl/α,β-unsaturated/α-hetero) is 1. The van der Waals surface area contributed by atoms with Crippen LogP contribution in [0.3, 0.4) is 0 Å². The van der Waals surface area contributed by atoms with Crippen molar-refractivity contribution in [3.63, 3.8) is 0 Å². The summed E-state index contributed by atoms with van der Waals surface area (Å²) in [5, 5.41) is 0. The molecular formula is C89H116O17. The first-order valence-electron chi connectivity index (χ1n) is 38.3. The Kier molecular flexibility index (Phi) is 46.0. The number of ketones is 1. The summed E-state index contributed by atoms with van der Waals surface area (Å²) in [5.74, 6) is 0.119. The van der Waals surface area contributed by atoms with E-state index in [2.05, 4.69) is 51.3 Å². The monoisotopic (exact) mass is 1460 g/mol. The average molecular weight is 1460 g/mol. The molecular weight excluding hydrogens is 1340 g/mol. The number of ether oxygens (including phenoxy) is 9. The number of rotatable bonds is 50. The van der Waals surface area contributed by atoms with Gasteiger partial charge < -0.3 is 42.6 Å². The Bertz CT molecular complexity index is 3520. The third-order valence-corrected chi connectivity index (χ3v) is 17.0. The van der Waals surface area contributed by atoms with Crippen LogP contribution in [0.15, 0.2) is 170 Å². The molecule has 0 spiro atoms. The van der Waals surface area contributed by atoms with E-state index in [0.29, 0.717) is 111 Å². The quantitative estimate of drug-likeness (QED) is 0.00865. The highest BCUT2D eigenvalue weighted by molar-refractivity contribution is 5.96. The maximum Gasteiger partial charge on any atom is 0.343 e. The molecule has 0 aliphatic rings. The van der Waals surface area contributed by atoms with Gasteiger partial charge in [0.2, 0.25) is 0 Å². The largest absolute Gasteiger partial charge is 0.494 e. The summed E-state index contributed by atoms with van der Waals surface area (Å²) in [6.45, 7) is 22.1. The van der Waals surface area contributed by atoms with Gasteiger partial charge in [-0.05, 0) is 231 Å². The molecule has 6 aromatic carbocycles. The minimum Gasteiger partial charge on any atom is -0.494 e. The van der Waals surface area contributed by atoms with Crippen LogP contribution < -0.4 is 14.2 Å². The van der Waals surface area contributed by atoms with E-state index in [1.807, 2.05) is 74.5 Å². The molecule has 0 atom stereocenters. The van der Waals surface area contributed by atoms with E-state index >= 15 is 0 Å². The normalized spacial score (nSPS) is 10.5. The Hall–Kier alpha value is -9.64. The summed E-state index contributed by atoms with van der Waals surface area (Å²) in [4.78, 5) is 94.3. The Morgan fingerprint density at radius 3 is 0.991 bits per heavy atom. The molecule has 0 fully saturated rings. The zero-order valence-corrected chi connectivity index (χ0v) is 64.0. The van der Waals surface area contributed by atoms with Gasteiger partial charge in [0, 0.05) is 36.0 Å². The predicted molar refractivity (Wildman–Crippen MR) is 417 cm³/mol. The lowest BCUT2D eigenvalue weighted by molar-refractivity contribution is -0.144. The highest BCUT2D eigenvalue weighted by Crippen LogP contribution is 2.26. The fraction of sp³-hybridized carbons (Fsp3) is 0.461. The SMILES string of the molecule is C=C(C)C(=O)OCCCCCCOc1ccc(C(=O)CC)cc1.C=C(C)C(=O)OCCCCCCOc1ccc(C(=O)Oc2ccc(-c3ccc(C(=O)OCCCCCC)cc3)cc2)cc1.CCOC(=O)CCCCCCCCCCC(=O)OCCCCCCOC(=O)c1ccc(-c2ccc(C)cc2)cc1. The van der Waals surface area contributed by atoms with Crippen LogP contribution in [0.2, 0.25) is 0 Å². The van der Waals surface area contributed by atoms with E-state index in [4.69, 9.17) is 42.6 Å². The van der Waals surface area contributed by atoms with E-state index < -0.39 is 5.97 Å². The first-order valence-corrected chi connectivity index (χ1v) is 38.3. The van der Waals surface area contributed by atoms with Crippen LogP contribution in [0.25, 0.3) is 22.3 Å². The molecule has 0 bridgehead atoms. The lowest BCUT2D eigenvalue weighted by Gasteiger charge is -2.09. The minimum absolute atomic E-state index is 0.0931. The number of esters is 7. The molecule has 0 saturated carbocycles. The Labute approximate surface area is 630 Å². The molecule has 0 heterocycles. The van der Waals surface area contributed by atoms with Crippen molar-refractivity contribution in [1.82, 2.24) is 0 Å². The van der Waals surface area contributed by atoms with Crippen molar-refractivity contribution in [3.05, 3.63) is 198 Å². The van der Waals surface area contributed by atoms with Gasteiger partial charge in [-0.3, -0.25) is 14.4 Å². The summed E-state index contributed by atoms with van der Waals surface area (Å²) < 4.78 is 48.1. The van der Waals surface area contributed by atoms with Gasteiger partial charge in [-0.25, -0.2) is 24.0 Å². The van der Waals surface area contributed by atoms with Crippen LogP contribution >= 0.6 is 0 Å². The van der Waals surface area contributed by atoms with Crippen molar-refractivity contribution in [1.29, 1.82) is 0 Å². The molecule has 106 heavy (non-hydrogen) atoms. The summed E-state index contributed by atoms with van der Waals surface area (Å²) in [6.07, 6.45) is 25.2. The lowest BCUT2D eigenvalue weighted by atomic mass is 10.0. The average Bonchev–Trinajstić information content (AvgIpc) is 0.847. The van der Waals surface area contributed by atoms with Gasteiger partial charge in [-0.15, -0.1) is 0 Å². The Morgan fingerprint density at radius 1 is 0.302 bits per heavy atom. The number of hydrogen-bond donors (Lipinski definition) is 0. The van der Waals surface area contributed by atoms with E-state index in [-0.39, 0.29) is 41.6 Å². The highest BCUT2D eigenvalue weighted by atomic mass is 16.6. The molecule has 0 aromatic heterocycles. The molecule has 0 aliphatic heterocycles. The summed E-state index contributed by atoms with van der Waals surface area (Å²) >= 11 is 0.